The number of hydrogen-bond acceptors (Lipinski definition) is 7. The minimum Gasteiger partial charge on any atom is -0.493 e. The second kappa shape index (κ2) is 12.8. The second-order valence-corrected chi connectivity index (χ2v) is 11.0. The number of anilines is 2. The van der Waals surface area contributed by atoms with Crippen molar-refractivity contribution in [2.45, 2.75) is 20.3 Å². The van der Waals surface area contributed by atoms with E-state index in [0.717, 1.165) is 6.07 Å². The van der Waals surface area contributed by atoms with Crippen molar-refractivity contribution in [1.82, 2.24) is 4.98 Å². The Morgan fingerprint density at radius 1 is 0.818 bits per heavy atom. The van der Waals surface area contributed by atoms with Crippen LogP contribution in [-0.4, -0.2) is 44.2 Å². The van der Waals surface area contributed by atoms with Crippen molar-refractivity contribution in [3.05, 3.63) is 78.5 Å². The zero-order valence-electron chi connectivity index (χ0n) is 24.8. The molecule has 0 bridgehead atoms. The highest BCUT2D eigenvalue weighted by Gasteiger charge is 2.65. The van der Waals surface area contributed by atoms with E-state index in [9.17, 15) is 14.0 Å². The first-order chi connectivity index (χ1) is 21.1. The van der Waals surface area contributed by atoms with Crippen molar-refractivity contribution in [2.75, 3.05) is 38.1 Å². The Morgan fingerprint density at radius 2 is 1.50 bits per heavy atom. The van der Waals surface area contributed by atoms with Crippen molar-refractivity contribution in [3.8, 4) is 23.0 Å². The van der Waals surface area contributed by atoms with E-state index in [0.29, 0.717) is 53.5 Å². The van der Waals surface area contributed by atoms with Gasteiger partial charge in [-0.1, -0.05) is 13.8 Å². The molecule has 2 N–H and O–H groups in total. The zero-order valence-corrected chi connectivity index (χ0v) is 24.8. The lowest BCUT2D eigenvalue weighted by molar-refractivity contribution is -0.122. The molecule has 5 rings (SSSR count). The van der Waals surface area contributed by atoms with Gasteiger partial charge >= 0.3 is 0 Å². The summed E-state index contributed by atoms with van der Waals surface area (Å²) in [5.41, 5.74) is 0.602. The van der Waals surface area contributed by atoms with E-state index in [1.807, 2.05) is 13.8 Å². The van der Waals surface area contributed by atoms with Crippen LogP contribution in [-0.2, 0) is 14.3 Å². The molecule has 1 heterocycles. The second-order valence-electron chi connectivity index (χ2n) is 11.0. The number of amides is 2. The number of pyridine rings is 1. The SMILES string of the molecule is COCCCOc1cc2c(Oc3ccc(NC(=O)[C@H]4[C@@H](C(=O)Nc5ccc(F)cc5)C4(C)C)cc3F)ccnc2cc1OC. The van der Waals surface area contributed by atoms with Crippen molar-refractivity contribution in [2.24, 2.45) is 17.3 Å². The van der Waals surface area contributed by atoms with Crippen molar-refractivity contribution in [1.29, 1.82) is 0 Å². The number of fused-ring (bicyclic) bond motifs is 1. The lowest BCUT2D eigenvalue weighted by Gasteiger charge is -2.14. The van der Waals surface area contributed by atoms with E-state index in [1.54, 1.807) is 31.5 Å². The normalized spacial score (nSPS) is 16.7. The average Bonchev–Trinajstić information content (AvgIpc) is 3.59. The molecule has 4 aromatic rings. The molecule has 0 aliphatic heterocycles. The quantitative estimate of drug-likeness (QED) is 0.176. The zero-order chi connectivity index (χ0) is 31.4. The predicted octanol–water partition coefficient (Wildman–Crippen LogP) is 6.58. The first kappa shape index (κ1) is 30.7. The Morgan fingerprint density at radius 3 is 2.16 bits per heavy atom. The number of halogens is 2. The molecule has 230 valence electrons. The third kappa shape index (κ3) is 6.57. The number of nitrogens with zero attached hydrogens (tertiary/aromatic N) is 1. The summed E-state index contributed by atoms with van der Waals surface area (Å²) >= 11 is 0. The van der Waals surface area contributed by atoms with Crippen LogP contribution in [0.15, 0.2) is 66.9 Å². The molecule has 1 aliphatic carbocycles. The van der Waals surface area contributed by atoms with Gasteiger partial charge in [-0.15, -0.1) is 0 Å². The van der Waals surface area contributed by atoms with Gasteiger partial charge in [0.2, 0.25) is 11.8 Å². The highest BCUT2D eigenvalue weighted by Crippen LogP contribution is 2.59. The molecule has 0 radical (unpaired) electrons. The van der Waals surface area contributed by atoms with Gasteiger partial charge < -0.3 is 29.6 Å². The van der Waals surface area contributed by atoms with Crippen molar-refractivity contribution in [3.63, 3.8) is 0 Å². The molecule has 1 fully saturated rings. The summed E-state index contributed by atoms with van der Waals surface area (Å²) in [6.45, 7) is 4.59. The molecule has 2 atom stereocenters. The first-order valence-electron chi connectivity index (χ1n) is 14.1. The number of carbonyl (C=O) groups is 2. The van der Waals surface area contributed by atoms with Gasteiger partial charge in [-0.2, -0.15) is 0 Å². The molecule has 44 heavy (non-hydrogen) atoms. The van der Waals surface area contributed by atoms with Crippen LogP contribution in [0.1, 0.15) is 20.3 Å². The topological polar surface area (TPSA) is 108 Å². The Labute approximate surface area is 253 Å². The molecule has 9 nitrogen and oxygen atoms in total. The largest absolute Gasteiger partial charge is 0.493 e. The lowest BCUT2D eigenvalue weighted by Crippen LogP contribution is -2.20. The van der Waals surface area contributed by atoms with Gasteiger partial charge in [0, 0.05) is 55.2 Å². The van der Waals surface area contributed by atoms with Crippen LogP contribution in [0.4, 0.5) is 20.2 Å². The van der Waals surface area contributed by atoms with Crippen LogP contribution in [0, 0.1) is 28.9 Å². The predicted molar refractivity (Wildman–Crippen MR) is 161 cm³/mol. The molecule has 3 aromatic carbocycles. The molecule has 0 saturated heterocycles. The van der Waals surface area contributed by atoms with Gasteiger partial charge in [0.15, 0.2) is 23.1 Å². The summed E-state index contributed by atoms with van der Waals surface area (Å²) in [5.74, 6) is -1.82. The molecule has 0 spiro atoms. The summed E-state index contributed by atoms with van der Waals surface area (Å²) in [6.07, 6.45) is 2.23. The van der Waals surface area contributed by atoms with E-state index < -0.39 is 34.8 Å². The van der Waals surface area contributed by atoms with E-state index in [4.69, 9.17) is 18.9 Å². The minimum atomic E-state index is -0.696. The van der Waals surface area contributed by atoms with Crippen LogP contribution in [0.3, 0.4) is 0 Å². The number of rotatable bonds is 12. The number of methoxy groups -OCH3 is 2. The molecule has 11 heteroatoms. The molecule has 0 unspecified atom stereocenters. The van der Waals surface area contributed by atoms with Crippen molar-refractivity contribution < 1.29 is 37.3 Å². The van der Waals surface area contributed by atoms with Gasteiger partial charge in [0.25, 0.3) is 0 Å². The average molecular weight is 606 g/mol. The Kier molecular flexibility index (Phi) is 8.96. The molecule has 1 aromatic heterocycles. The van der Waals surface area contributed by atoms with Crippen molar-refractivity contribution >= 4 is 34.1 Å². The maximum atomic E-state index is 15.2. The Bertz CT molecular complexity index is 1680. The van der Waals surface area contributed by atoms with Gasteiger partial charge in [0.1, 0.15) is 11.6 Å². The number of benzene rings is 3. The molecular weight excluding hydrogens is 572 g/mol. The summed E-state index contributed by atoms with van der Waals surface area (Å²) in [7, 11) is 3.15. The molecular formula is C33H33F2N3O6. The number of ether oxygens (including phenoxy) is 4. The van der Waals surface area contributed by atoms with Gasteiger partial charge in [-0.25, -0.2) is 8.78 Å². The third-order valence-corrected chi connectivity index (χ3v) is 7.66. The van der Waals surface area contributed by atoms with Crippen LogP contribution in [0.2, 0.25) is 0 Å². The monoisotopic (exact) mass is 605 g/mol. The maximum absolute atomic E-state index is 15.2. The standard InChI is InChI=1S/C33H33F2N3O6/c1-33(2)29(31(39)37-20-8-6-19(34)7-9-20)30(33)32(40)38-21-10-11-26(23(35)16-21)44-25-12-13-36-24-18-27(42-4)28(17-22(24)25)43-15-5-14-41-3/h6-13,16-18,29-30H,5,14-15H2,1-4H3,(H,37,39)(H,38,40)/t29-,30+/m0/s1. The van der Waals surface area contributed by atoms with Crippen LogP contribution in [0.5, 0.6) is 23.0 Å². The van der Waals surface area contributed by atoms with E-state index in [-0.39, 0.29) is 17.3 Å². The molecule has 1 saturated carbocycles. The summed E-state index contributed by atoms with van der Waals surface area (Å²) in [4.78, 5) is 30.3. The summed E-state index contributed by atoms with van der Waals surface area (Å²) in [6, 6.07) is 14.6. The highest BCUT2D eigenvalue weighted by molar-refractivity contribution is 6.04. The fraction of sp³-hybridized carbons (Fsp3) is 0.303. The third-order valence-electron chi connectivity index (χ3n) is 7.66. The molecule has 2 amide bonds. The van der Waals surface area contributed by atoms with E-state index in [1.165, 1.54) is 43.5 Å². The summed E-state index contributed by atoms with van der Waals surface area (Å²) < 4.78 is 50.8. The van der Waals surface area contributed by atoms with Crippen LogP contribution < -0.4 is 24.8 Å². The summed E-state index contributed by atoms with van der Waals surface area (Å²) in [5, 5.41) is 6.03. The smallest absolute Gasteiger partial charge is 0.228 e. The fourth-order valence-electron chi connectivity index (χ4n) is 5.24. The molecule has 1 aliphatic rings. The van der Waals surface area contributed by atoms with E-state index in [2.05, 4.69) is 15.6 Å². The van der Waals surface area contributed by atoms with Gasteiger partial charge in [-0.3, -0.25) is 14.6 Å². The van der Waals surface area contributed by atoms with Gasteiger partial charge in [0.05, 0.1) is 31.1 Å². The van der Waals surface area contributed by atoms with E-state index >= 15 is 4.39 Å². The number of hydrogen-bond donors (Lipinski definition) is 2. The number of aromatic nitrogens is 1. The number of carbonyl (C=O) groups excluding carboxylic acids is 2. The first-order valence-corrected chi connectivity index (χ1v) is 14.1. The van der Waals surface area contributed by atoms with Crippen LogP contribution in [0.25, 0.3) is 10.9 Å². The minimum absolute atomic E-state index is 0.0582. The Balaban J connectivity index is 1.27. The van der Waals surface area contributed by atoms with Crippen LogP contribution >= 0.6 is 0 Å². The Hall–Kier alpha value is -4.77. The maximum Gasteiger partial charge on any atom is 0.228 e. The lowest BCUT2D eigenvalue weighted by atomic mass is 10.1. The number of nitrogens with one attached hydrogen (secondary N) is 2. The van der Waals surface area contributed by atoms with Gasteiger partial charge in [-0.05, 0) is 53.9 Å². The highest BCUT2D eigenvalue weighted by atomic mass is 19.1. The fourth-order valence-corrected chi connectivity index (χ4v) is 5.24.